The van der Waals surface area contributed by atoms with Crippen LogP contribution in [0.1, 0.15) is 107 Å². The zero-order valence-corrected chi connectivity index (χ0v) is 24.5. The molecule has 0 bridgehead atoms. The molecule has 5 heteroatoms. The molecule has 1 aliphatic heterocycles. The molecule has 0 unspecified atom stereocenters. The van der Waals surface area contributed by atoms with Crippen LogP contribution in [0.25, 0.3) is 0 Å². The van der Waals surface area contributed by atoms with Gasteiger partial charge in [-0.3, -0.25) is 0 Å². The fourth-order valence-corrected chi connectivity index (χ4v) is 5.67. The Hall–Kier alpha value is -2.79. The summed E-state index contributed by atoms with van der Waals surface area (Å²) in [7, 11) is -0.269. The zero-order valence-electron chi connectivity index (χ0n) is 24.5. The van der Waals surface area contributed by atoms with Gasteiger partial charge in [0.2, 0.25) is 0 Å². The Morgan fingerprint density at radius 2 is 1.00 bits per heavy atom. The summed E-state index contributed by atoms with van der Waals surface area (Å²) < 4.78 is 20.4. The molecule has 0 spiro atoms. The molecular weight excluding hydrogens is 470 g/mol. The molecule has 0 radical (unpaired) electrons. The van der Waals surface area contributed by atoms with E-state index in [2.05, 4.69) is 101 Å². The summed E-state index contributed by atoms with van der Waals surface area (Å²) in [4.78, 5) is 4.96. The van der Waals surface area contributed by atoms with Gasteiger partial charge < -0.3 is 14.3 Å². The average Bonchev–Trinajstić information content (AvgIpc) is 3.30. The molecule has 3 aromatic rings. The average molecular weight is 515 g/mol. The summed E-state index contributed by atoms with van der Waals surface area (Å²) >= 11 is 0. The van der Waals surface area contributed by atoms with Crippen LogP contribution < -0.4 is 9.62 Å². The van der Waals surface area contributed by atoms with Crippen molar-refractivity contribution in [3.05, 3.63) is 94.3 Å². The van der Waals surface area contributed by atoms with Gasteiger partial charge in [0.25, 0.3) is 0 Å². The number of anilines is 2. The molecule has 0 aromatic heterocycles. The van der Waals surface area contributed by atoms with Gasteiger partial charge in [-0.2, -0.15) is 0 Å². The molecule has 0 saturated carbocycles. The number of hydrogen-bond acceptors (Lipinski definition) is 3. The minimum atomic E-state index is -0.269. The van der Waals surface area contributed by atoms with E-state index in [1.54, 1.807) is 0 Å². The fraction of sp³-hybridized carbons (Fsp3) is 0.455. The monoisotopic (exact) mass is 514 g/mol. The van der Waals surface area contributed by atoms with Crippen LogP contribution in [0.5, 0.6) is 0 Å². The van der Waals surface area contributed by atoms with E-state index in [0.29, 0.717) is 30.3 Å². The standard InChI is InChI=1S/C33H44BFN2O/c1-22(2)28-11-9-12-29(23(3)4)32(28)36-19-20-37(34(36)38-21-26-15-17-27(35)18-16-26)33-30(24(5)6)13-10-14-31(33)25(7)8/h9-18,22-25H,19-21H2,1-8H3. The fourth-order valence-electron chi connectivity index (χ4n) is 5.67. The van der Waals surface area contributed by atoms with Gasteiger partial charge in [0.1, 0.15) is 5.82 Å². The zero-order chi connectivity index (χ0) is 27.6. The first-order valence-corrected chi connectivity index (χ1v) is 14.2. The topological polar surface area (TPSA) is 15.7 Å². The first-order valence-electron chi connectivity index (χ1n) is 14.2. The molecule has 4 rings (SSSR count). The molecule has 3 nitrogen and oxygen atoms in total. The highest BCUT2D eigenvalue weighted by atomic mass is 19.1. The number of para-hydroxylation sites is 2. The highest BCUT2D eigenvalue weighted by molar-refractivity contribution is 6.62. The first-order chi connectivity index (χ1) is 18.1. The lowest BCUT2D eigenvalue weighted by Crippen LogP contribution is -2.48. The second kappa shape index (κ2) is 11.9. The molecule has 1 saturated heterocycles. The van der Waals surface area contributed by atoms with Gasteiger partial charge in [0, 0.05) is 24.5 Å². The minimum Gasteiger partial charge on any atom is -0.393 e. The van der Waals surface area contributed by atoms with Crippen molar-refractivity contribution in [1.29, 1.82) is 0 Å². The second-order valence-electron chi connectivity index (χ2n) is 11.8. The van der Waals surface area contributed by atoms with Crippen LogP contribution in [-0.2, 0) is 11.3 Å². The van der Waals surface area contributed by atoms with Crippen LogP contribution in [0, 0.1) is 5.82 Å². The second-order valence-corrected chi connectivity index (χ2v) is 11.8. The van der Waals surface area contributed by atoms with E-state index < -0.39 is 0 Å². The summed E-state index contributed by atoms with van der Waals surface area (Å²) in [6.45, 7) is 20.4. The summed E-state index contributed by atoms with van der Waals surface area (Å²) in [5.74, 6) is 1.35. The van der Waals surface area contributed by atoms with E-state index in [-0.39, 0.29) is 13.0 Å². The van der Waals surface area contributed by atoms with Crippen LogP contribution in [0.15, 0.2) is 60.7 Å². The summed E-state index contributed by atoms with van der Waals surface area (Å²) in [5, 5.41) is 0. The molecule has 0 aliphatic carbocycles. The van der Waals surface area contributed by atoms with Gasteiger partial charge >= 0.3 is 7.19 Å². The van der Waals surface area contributed by atoms with Crippen LogP contribution in [0.4, 0.5) is 15.8 Å². The lowest BCUT2D eigenvalue weighted by Gasteiger charge is -2.35. The van der Waals surface area contributed by atoms with Crippen LogP contribution in [0.2, 0.25) is 0 Å². The highest BCUT2D eigenvalue weighted by Gasteiger charge is 2.44. The molecule has 1 aliphatic rings. The van der Waals surface area contributed by atoms with Crippen LogP contribution >= 0.6 is 0 Å². The maximum atomic E-state index is 13.6. The molecule has 1 heterocycles. The SMILES string of the molecule is CC(C)c1cccc(C(C)C)c1N1CCN(c2c(C(C)C)cccc2C(C)C)B1OCc1ccc(F)cc1. The van der Waals surface area contributed by atoms with E-state index >= 15 is 0 Å². The van der Waals surface area contributed by atoms with Gasteiger partial charge in [0.15, 0.2) is 0 Å². The quantitative estimate of drug-likeness (QED) is 0.265. The summed E-state index contributed by atoms with van der Waals surface area (Å²) in [6, 6.07) is 20.1. The maximum absolute atomic E-state index is 13.6. The van der Waals surface area contributed by atoms with Crippen molar-refractivity contribution in [2.45, 2.75) is 85.7 Å². The lowest BCUT2D eigenvalue weighted by atomic mass is 9.84. The molecule has 0 atom stereocenters. The molecule has 3 aromatic carbocycles. The Morgan fingerprint density at radius 1 is 0.632 bits per heavy atom. The van der Waals surface area contributed by atoms with E-state index in [0.717, 1.165) is 18.7 Å². The Balaban J connectivity index is 1.85. The van der Waals surface area contributed by atoms with Gasteiger partial charge in [-0.15, -0.1) is 0 Å². The van der Waals surface area contributed by atoms with Crippen molar-refractivity contribution in [2.24, 2.45) is 0 Å². The van der Waals surface area contributed by atoms with Crippen molar-refractivity contribution < 1.29 is 9.04 Å². The molecule has 0 N–H and O–H groups in total. The number of halogens is 1. The third-order valence-electron chi connectivity index (χ3n) is 7.69. The normalized spacial score (nSPS) is 14.2. The number of benzene rings is 3. The van der Waals surface area contributed by atoms with Crippen molar-refractivity contribution in [3.63, 3.8) is 0 Å². The summed E-state index contributed by atoms with van der Waals surface area (Å²) in [5.41, 5.74) is 9.00. The van der Waals surface area contributed by atoms with Crippen molar-refractivity contribution in [2.75, 3.05) is 22.7 Å². The largest absolute Gasteiger partial charge is 0.548 e. The highest BCUT2D eigenvalue weighted by Crippen LogP contribution is 2.42. The Morgan fingerprint density at radius 3 is 1.34 bits per heavy atom. The van der Waals surface area contributed by atoms with E-state index in [1.807, 2.05) is 12.1 Å². The Kier molecular flexibility index (Phi) is 8.87. The number of nitrogens with zero attached hydrogens (tertiary/aromatic N) is 2. The Labute approximate surface area is 230 Å². The van der Waals surface area contributed by atoms with Crippen LogP contribution in [0.3, 0.4) is 0 Å². The van der Waals surface area contributed by atoms with Crippen molar-refractivity contribution >= 4 is 18.6 Å². The van der Waals surface area contributed by atoms with Gasteiger partial charge in [0.05, 0.1) is 6.61 Å². The number of hydrogen-bond donors (Lipinski definition) is 0. The third-order valence-corrected chi connectivity index (χ3v) is 7.69. The Bertz CT molecular complexity index is 1100. The van der Waals surface area contributed by atoms with Gasteiger partial charge in [-0.05, 0) is 63.6 Å². The van der Waals surface area contributed by atoms with E-state index in [1.165, 1.54) is 45.8 Å². The number of rotatable bonds is 9. The molecule has 0 amide bonds. The maximum Gasteiger partial charge on any atom is 0.548 e. The third kappa shape index (κ3) is 5.78. The molecule has 1 fully saturated rings. The van der Waals surface area contributed by atoms with E-state index in [9.17, 15) is 4.39 Å². The lowest BCUT2D eigenvalue weighted by molar-refractivity contribution is 0.307. The smallest absolute Gasteiger partial charge is 0.393 e. The van der Waals surface area contributed by atoms with Gasteiger partial charge in [-0.1, -0.05) is 104 Å². The van der Waals surface area contributed by atoms with Crippen LogP contribution in [-0.4, -0.2) is 20.3 Å². The minimum absolute atomic E-state index is 0.224. The predicted octanol–water partition coefficient (Wildman–Crippen LogP) is 8.85. The van der Waals surface area contributed by atoms with E-state index in [4.69, 9.17) is 4.65 Å². The molecular formula is C33H44BFN2O. The van der Waals surface area contributed by atoms with Crippen molar-refractivity contribution in [1.82, 2.24) is 0 Å². The molecule has 202 valence electrons. The van der Waals surface area contributed by atoms with Crippen molar-refractivity contribution in [3.8, 4) is 0 Å². The van der Waals surface area contributed by atoms with Gasteiger partial charge in [-0.25, -0.2) is 4.39 Å². The predicted molar refractivity (Wildman–Crippen MR) is 161 cm³/mol. The molecule has 38 heavy (non-hydrogen) atoms. The first kappa shape index (κ1) is 28.2. The summed E-state index contributed by atoms with van der Waals surface area (Å²) in [6.07, 6.45) is 0.